The van der Waals surface area contributed by atoms with Crippen molar-refractivity contribution >= 4 is 24.4 Å². The zero-order valence-corrected chi connectivity index (χ0v) is 10.7. The number of nitrogens with one attached hydrogen (secondary N) is 1. The zero-order valence-electron chi connectivity index (χ0n) is 9.80. The Labute approximate surface area is 111 Å². The van der Waals surface area contributed by atoms with E-state index >= 15 is 0 Å². The van der Waals surface area contributed by atoms with E-state index < -0.39 is 11.2 Å². The summed E-state index contributed by atoms with van der Waals surface area (Å²) in [4.78, 5) is 22.2. The lowest BCUT2D eigenvalue weighted by molar-refractivity contribution is -0.121. The fraction of sp³-hybridized carbons (Fsp3) is 0.333. The highest BCUT2D eigenvalue weighted by molar-refractivity contribution is 7.81. The van der Waals surface area contributed by atoms with E-state index in [9.17, 15) is 9.59 Å². The normalized spacial score (nSPS) is 11.9. The highest BCUT2D eigenvalue weighted by atomic mass is 32.1. The van der Waals surface area contributed by atoms with Crippen LogP contribution in [-0.4, -0.2) is 28.8 Å². The largest absolute Gasteiger partial charge is 0.395 e. The lowest BCUT2D eigenvalue weighted by atomic mass is 10.1. The van der Waals surface area contributed by atoms with Gasteiger partial charge in [0.1, 0.15) is 5.25 Å². The molecule has 0 unspecified atom stereocenters. The molecule has 0 aliphatic heterocycles. The van der Waals surface area contributed by atoms with E-state index in [0.717, 1.165) is 11.1 Å². The van der Waals surface area contributed by atoms with Crippen molar-refractivity contribution in [3.63, 3.8) is 0 Å². The molecule has 0 aromatic heterocycles. The summed E-state index contributed by atoms with van der Waals surface area (Å²) in [5, 5.41) is 10.7. The second-order valence-electron chi connectivity index (χ2n) is 3.88. The van der Waals surface area contributed by atoms with Crippen LogP contribution in [0.25, 0.3) is 0 Å². The number of hydrogen-bond acceptors (Lipinski definition) is 4. The first-order chi connectivity index (χ1) is 8.52. The third kappa shape index (κ3) is 4.77. The minimum absolute atomic E-state index is 0.174. The smallest absolute Gasteiger partial charge is 0.235 e. The molecule has 0 saturated heterocycles. The molecule has 2 amide bonds. The van der Waals surface area contributed by atoms with E-state index in [1.54, 1.807) is 18.2 Å². The van der Waals surface area contributed by atoms with E-state index in [4.69, 9.17) is 10.8 Å². The number of carbonyl (C=O) groups is 2. The Morgan fingerprint density at radius 3 is 2.67 bits per heavy atom. The minimum atomic E-state index is -0.723. The van der Waals surface area contributed by atoms with Crippen molar-refractivity contribution < 1.29 is 14.7 Å². The molecule has 18 heavy (non-hydrogen) atoms. The molecular formula is C12H16N2O3S. The third-order valence-corrected chi connectivity index (χ3v) is 2.71. The fourth-order valence-corrected chi connectivity index (χ4v) is 1.53. The highest BCUT2D eigenvalue weighted by Gasteiger charge is 2.11. The Morgan fingerprint density at radius 1 is 1.39 bits per heavy atom. The van der Waals surface area contributed by atoms with Gasteiger partial charge < -0.3 is 16.2 Å². The number of hydrogen-bond donors (Lipinski definition) is 4. The second-order valence-corrected chi connectivity index (χ2v) is 4.50. The number of amides is 2. The summed E-state index contributed by atoms with van der Waals surface area (Å²) in [5.74, 6) is -0.729. The van der Waals surface area contributed by atoms with Gasteiger partial charge in [0.15, 0.2) is 0 Å². The van der Waals surface area contributed by atoms with Crippen molar-refractivity contribution in [2.75, 3.05) is 6.61 Å². The van der Waals surface area contributed by atoms with Crippen LogP contribution in [0.15, 0.2) is 24.3 Å². The van der Waals surface area contributed by atoms with Crippen molar-refractivity contribution in [3.05, 3.63) is 35.4 Å². The van der Waals surface area contributed by atoms with Gasteiger partial charge in [0.05, 0.1) is 13.0 Å². The first-order valence-electron chi connectivity index (χ1n) is 5.45. The molecule has 0 aliphatic carbocycles. The standard InChI is InChI=1S/C12H16N2O3S/c13-11(16)5-8-2-1-3-9(4-8)6-14-12(17)10(18)7-15/h1-4,10,15,18H,5-7H2,(H2,13,16)(H,14,17)/t10-/m0/s1. The summed E-state index contributed by atoms with van der Waals surface area (Å²) in [7, 11) is 0. The maximum Gasteiger partial charge on any atom is 0.235 e. The van der Waals surface area contributed by atoms with Crippen molar-refractivity contribution in [1.82, 2.24) is 5.32 Å². The molecule has 0 fully saturated rings. The summed E-state index contributed by atoms with van der Waals surface area (Å²) in [6, 6.07) is 7.23. The molecule has 5 nitrogen and oxygen atoms in total. The molecular weight excluding hydrogens is 252 g/mol. The van der Waals surface area contributed by atoms with Gasteiger partial charge in [-0.05, 0) is 11.1 Å². The first-order valence-corrected chi connectivity index (χ1v) is 5.97. The van der Waals surface area contributed by atoms with Gasteiger partial charge in [0, 0.05) is 6.54 Å². The number of primary amides is 1. The Morgan fingerprint density at radius 2 is 2.06 bits per heavy atom. The van der Waals surface area contributed by atoms with Crippen LogP contribution in [0.5, 0.6) is 0 Å². The van der Waals surface area contributed by atoms with Gasteiger partial charge in [0.25, 0.3) is 0 Å². The summed E-state index contributed by atoms with van der Waals surface area (Å²) >= 11 is 3.91. The highest BCUT2D eigenvalue weighted by Crippen LogP contribution is 2.06. The van der Waals surface area contributed by atoms with Gasteiger partial charge in [-0.25, -0.2) is 0 Å². The van der Waals surface area contributed by atoms with Crippen LogP contribution in [0.3, 0.4) is 0 Å². The molecule has 98 valence electrons. The molecule has 1 aromatic rings. The van der Waals surface area contributed by atoms with Crippen LogP contribution in [0.2, 0.25) is 0 Å². The summed E-state index contributed by atoms with van der Waals surface area (Å²) in [6.45, 7) is 0.0131. The van der Waals surface area contributed by atoms with Crippen molar-refractivity contribution in [1.29, 1.82) is 0 Å². The maximum atomic E-state index is 11.4. The fourth-order valence-electron chi connectivity index (χ4n) is 1.44. The monoisotopic (exact) mass is 268 g/mol. The SMILES string of the molecule is NC(=O)Cc1cccc(CNC(=O)[C@@H](S)CO)c1. The molecule has 0 radical (unpaired) electrons. The Bertz CT molecular complexity index is 437. The molecule has 6 heteroatoms. The van der Waals surface area contributed by atoms with Crippen molar-refractivity contribution in [2.24, 2.45) is 5.73 Å². The van der Waals surface area contributed by atoms with Crippen LogP contribution < -0.4 is 11.1 Å². The van der Waals surface area contributed by atoms with Crippen molar-refractivity contribution in [3.8, 4) is 0 Å². The van der Waals surface area contributed by atoms with E-state index in [0.29, 0.717) is 6.54 Å². The van der Waals surface area contributed by atoms with Crippen LogP contribution in [0, 0.1) is 0 Å². The number of rotatable bonds is 6. The number of benzene rings is 1. The summed E-state index contributed by atoms with van der Waals surface area (Å²) < 4.78 is 0. The Hall–Kier alpha value is -1.53. The quantitative estimate of drug-likeness (QED) is 0.530. The molecule has 0 aliphatic rings. The second kappa shape index (κ2) is 7.03. The molecule has 1 rings (SSSR count). The Kier molecular flexibility index (Phi) is 5.67. The molecule has 0 saturated carbocycles. The van der Waals surface area contributed by atoms with Gasteiger partial charge in [-0.15, -0.1) is 0 Å². The molecule has 1 atom stereocenters. The third-order valence-electron chi connectivity index (χ3n) is 2.31. The molecule has 0 bridgehead atoms. The van der Waals surface area contributed by atoms with Gasteiger partial charge in [-0.1, -0.05) is 24.3 Å². The number of aliphatic hydroxyl groups is 1. The summed E-state index contributed by atoms with van der Waals surface area (Å²) in [6.07, 6.45) is 0.174. The predicted molar refractivity (Wildman–Crippen MR) is 71.0 cm³/mol. The first kappa shape index (κ1) is 14.5. The Balaban J connectivity index is 2.57. The van der Waals surface area contributed by atoms with E-state index in [2.05, 4.69) is 17.9 Å². The van der Waals surface area contributed by atoms with Gasteiger partial charge in [-0.2, -0.15) is 12.6 Å². The maximum absolute atomic E-state index is 11.4. The van der Waals surface area contributed by atoms with Crippen molar-refractivity contribution in [2.45, 2.75) is 18.2 Å². The van der Waals surface area contributed by atoms with Crippen LogP contribution in [-0.2, 0) is 22.6 Å². The average molecular weight is 268 g/mol. The number of aliphatic hydroxyl groups excluding tert-OH is 1. The van der Waals surface area contributed by atoms with Gasteiger partial charge >= 0.3 is 0 Å². The number of thiol groups is 1. The molecule has 1 aromatic carbocycles. The lowest BCUT2D eigenvalue weighted by Gasteiger charge is -2.09. The van der Waals surface area contributed by atoms with E-state index in [1.165, 1.54) is 0 Å². The summed E-state index contributed by atoms with van der Waals surface area (Å²) in [5.41, 5.74) is 6.77. The van der Waals surface area contributed by atoms with Crippen LogP contribution >= 0.6 is 12.6 Å². The average Bonchev–Trinajstić information content (AvgIpc) is 2.34. The zero-order chi connectivity index (χ0) is 13.5. The van der Waals surface area contributed by atoms with Gasteiger partial charge in [-0.3, -0.25) is 9.59 Å². The van der Waals surface area contributed by atoms with E-state index in [1.807, 2.05) is 6.07 Å². The predicted octanol–water partition coefficient (Wildman–Crippen LogP) is -0.379. The van der Waals surface area contributed by atoms with E-state index in [-0.39, 0.29) is 18.9 Å². The van der Waals surface area contributed by atoms with Crippen LogP contribution in [0.4, 0.5) is 0 Å². The molecule has 0 heterocycles. The van der Waals surface area contributed by atoms with Gasteiger partial charge in [0.2, 0.25) is 11.8 Å². The lowest BCUT2D eigenvalue weighted by Crippen LogP contribution is -2.33. The van der Waals surface area contributed by atoms with Crippen LogP contribution in [0.1, 0.15) is 11.1 Å². The minimum Gasteiger partial charge on any atom is -0.395 e. The molecule has 0 spiro atoms. The number of carbonyl (C=O) groups excluding carboxylic acids is 2. The topological polar surface area (TPSA) is 92.4 Å². The molecule has 4 N–H and O–H groups in total. The number of nitrogens with two attached hydrogens (primary N) is 1.